The van der Waals surface area contributed by atoms with E-state index < -0.39 is 10.3 Å². The molecule has 0 aromatic carbocycles. The molecule has 3 aromatic heterocycles. The Hall–Kier alpha value is -2.71. The molecular formula is C23H26N6O5S2. The van der Waals surface area contributed by atoms with Gasteiger partial charge in [0.1, 0.15) is 18.2 Å². The van der Waals surface area contributed by atoms with Crippen molar-refractivity contribution >= 4 is 33.2 Å². The van der Waals surface area contributed by atoms with Gasteiger partial charge in [-0.05, 0) is 60.1 Å². The Morgan fingerprint density at radius 3 is 2.92 bits per heavy atom. The lowest BCUT2D eigenvalue weighted by atomic mass is 10.0. The molecule has 1 aliphatic heterocycles. The number of aromatic nitrogens is 4. The van der Waals surface area contributed by atoms with Crippen LogP contribution in [0.5, 0.6) is 0 Å². The minimum Gasteiger partial charge on any atom is -0.366 e. The number of nitrogens with two attached hydrogens (primary N) is 1. The van der Waals surface area contributed by atoms with Crippen molar-refractivity contribution in [3.8, 4) is 0 Å². The molecule has 3 unspecified atom stereocenters. The molecule has 5 atom stereocenters. The van der Waals surface area contributed by atoms with E-state index in [1.807, 2.05) is 29.2 Å². The molecule has 2 fully saturated rings. The molecule has 2 aliphatic carbocycles. The molecule has 6 rings (SSSR count). The van der Waals surface area contributed by atoms with Crippen LogP contribution in [0.15, 0.2) is 30.2 Å². The van der Waals surface area contributed by atoms with E-state index in [1.54, 1.807) is 6.20 Å². The third kappa shape index (κ3) is 4.45. The van der Waals surface area contributed by atoms with Crippen molar-refractivity contribution in [3.63, 3.8) is 0 Å². The van der Waals surface area contributed by atoms with Gasteiger partial charge >= 0.3 is 10.3 Å². The largest absolute Gasteiger partial charge is 0.366 e. The van der Waals surface area contributed by atoms with Gasteiger partial charge in [-0.1, -0.05) is 0 Å². The van der Waals surface area contributed by atoms with Crippen molar-refractivity contribution in [2.24, 2.45) is 22.9 Å². The summed E-state index contributed by atoms with van der Waals surface area (Å²) in [4.78, 5) is 22.5. The number of ketones is 1. The quantitative estimate of drug-likeness (QED) is 0.417. The summed E-state index contributed by atoms with van der Waals surface area (Å²) in [6.07, 6.45) is 6.27. The SMILES string of the molecule is Cc1cnn2c1C(c1csc(C(=O)c3cncnc3NC3C4C[C@@H](COS(N)(=O)=O)C[C@H]43)c1)OCC2. The average molecular weight is 531 g/mol. The van der Waals surface area contributed by atoms with E-state index in [0.717, 1.165) is 36.2 Å². The maximum absolute atomic E-state index is 13.5. The van der Waals surface area contributed by atoms with E-state index in [1.165, 1.54) is 17.7 Å². The fraction of sp³-hybridized carbons (Fsp3) is 0.478. The third-order valence-electron chi connectivity index (χ3n) is 7.33. The van der Waals surface area contributed by atoms with Crippen LogP contribution in [-0.2, 0) is 25.8 Å². The Kier molecular flexibility index (Phi) is 5.91. The number of hydrogen-bond donors (Lipinski definition) is 2. The number of ether oxygens (including phenoxy) is 1. The number of anilines is 1. The molecule has 0 amide bonds. The first kappa shape index (κ1) is 23.7. The molecular weight excluding hydrogens is 504 g/mol. The highest BCUT2D eigenvalue weighted by Crippen LogP contribution is 2.55. The average Bonchev–Trinajstić information content (AvgIpc) is 3.32. The molecule has 13 heteroatoms. The maximum Gasteiger partial charge on any atom is 0.333 e. The van der Waals surface area contributed by atoms with E-state index in [4.69, 9.17) is 14.1 Å². The number of rotatable bonds is 8. The summed E-state index contributed by atoms with van der Waals surface area (Å²) in [5.41, 5.74) is 3.45. The number of nitrogens with one attached hydrogen (secondary N) is 1. The number of thiophene rings is 1. The number of carbonyl (C=O) groups is 1. The predicted octanol–water partition coefficient (Wildman–Crippen LogP) is 2.05. The van der Waals surface area contributed by atoms with Crippen LogP contribution in [0, 0.1) is 24.7 Å². The van der Waals surface area contributed by atoms with Crippen molar-refractivity contribution in [1.29, 1.82) is 0 Å². The monoisotopic (exact) mass is 530 g/mol. The van der Waals surface area contributed by atoms with Gasteiger partial charge in [0.2, 0.25) is 5.78 Å². The van der Waals surface area contributed by atoms with Gasteiger partial charge in [-0.3, -0.25) is 13.7 Å². The summed E-state index contributed by atoms with van der Waals surface area (Å²) in [5.74, 6) is 1.32. The Morgan fingerprint density at radius 1 is 1.33 bits per heavy atom. The van der Waals surface area contributed by atoms with E-state index >= 15 is 0 Å². The highest BCUT2D eigenvalue weighted by atomic mass is 32.2. The molecule has 36 heavy (non-hydrogen) atoms. The van der Waals surface area contributed by atoms with Crippen molar-refractivity contribution in [3.05, 3.63) is 57.4 Å². The van der Waals surface area contributed by atoms with E-state index in [-0.39, 0.29) is 30.5 Å². The zero-order valence-electron chi connectivity index (χ0n) is 19.5. The van der Waals surface area contributed by atoms with Crippen LogP contribution >= 0.6 is 11.3 Å². The second-order valence-corrected chi connectivity index (χ2v) is 11.8. The molecule has 11 nitrogen and oxygen atoms in total. The molecule has 4 heterocycles. The Morgan fingerprint density at radius 2 is 2.14 bits per heavy atom. The fourth-order valence-corrected chi connectivity index (χ4v) is 6.86. The Bertz CT molecular complexity index is 1410. The maximum atomic E-state index is 13.5. The highest BCUT2D eigenvalue weighted by Gasteiger charge is 2.56. The summed E-state index contributed by atoms with van der Waals surface area (Å²) in [7, 11) is -3.92. The van der Waals surface area contributed by atoms with Gasteiger partial charge in [-0.2, -0.15) is 13.5 Å². The standard InChI is InChI=1S/C23H26N6O5S2/c1-12-7-27-29-2-3-33-22(20(12)29)14-6-18(35-10-14)21(30)17-8-25-11-26-23(17)28-19-15-4-13(5-16(15)19)9-34-36(24,31)32/h6-8,10-11,13,15-16,19,22H,2-5,9H2,1H3,(H2,24,31,32)(H,25,26,28)/t13-,15+,16?,19?,22?/m0/s1. The van der Waals surface area contributed by atoms with Gasteiger partial charge in [0.25, 0.3) is 0 Å². The first-order chi connectivity index (χ1) is 17.3. The molecule has 0 saturated heterocycles. The van der Waals surface area contributed by atoms with E-state index in [9.17, 15) is 13.2 Å². The number of fused-ring (bicyclic) bond motifs is 2. The first-order valence-corrected chi connectivity index (χ1v) is 14.1. The topological polar surface area (TPSA) is 151 Å². The zero-order chi connectivity index (χ0) is 25.0. The van der Waals surface area contributed by atoms with Crippen molar-refractivity contribution in [1.82, 2.24) is 19.7 Å². The van der Waals surface area contributed by atoms with Gasteiger partial charge in [-0.15, -0.1) is 11.3 Å². The number of nitrogens with zero attached hydrogens (tertiary/aromatic N) is 4. The van der Waals surface area contributed by atoms with Crippen LogP contribution in [-0.4, -0.2) is 53.2 Å². The van der Waals surface area contributed by atoms with Crippen LogP contribution in [0.3, 0.4) is 0 Å². The molecule has 190 valence electrons. The van der Waals surface area contributed by atoms with Crippen LogP contribution < -0.4 is 10.5 Å². The molecule has 3 aliphatic rings. The van der Waals surface area contributed by atoms with Crippen LogP contribution in [0.25, 0.3) is 0 Å². The molecule has 3 N–H and O–H groups in total. The molecule has 0 spiro atoms. The zero-order valence-corrected chi connectivity index (χ0v) is 21.2. The Balaban J connectivity index is 1.14. The second kappa shape index (κ2) is 8.99. The molecule has 0 radical (unpaired) electrons. The van der Waals surface area contributed by atoms with Crippen molar-refractivity contribution in [2.75, 3.05) is 18.5 Å². The van der Waals surface area contributed by atoms with E-state index in [0.29, 0.717) is 34.7 Å². The summed E-state index contributed by atoms with van der Waals surface area (Å²) >= 11 is 1.38. The summed E-state index contributed by atoms with van der Waals surface area (Å²) in [5, 5.41) is 14.7. The first-order valence-electron chi connectivity index (χ1n) is 11.8. The summed E-state index contributed by atoms with van der Waals surface area (Å²) in [6, 6.07) is 2.08. The van der Waals surface area contributed by atoms with Crippen LogP contribution in [0.4, 0.5) is 5.82 Å². The lowest BCUT2D eigenvalue weighted by Crippen LogP contribution is -2.23. The molecule has 2 saturated carbocycles. The van der Waals surface area contributed by atoms with Crippen LogP contribution in [0.1, 0.15) is 51.0 Å². The lowest BCUT2D eigenvalue weighted by molar-refractivity contribution is 0.0420. The van der Waals surface area contributed by atoms with Gasteiger partial charge in [0.15, 0.2) is 0 Å². The number of hydrogen-bond acceptors (Lipinski definition) is 10. The predicted molar refractivity (Wildman–Crippen MR) is 131 cm³/mol. The molecule has 3 aromatic rings. The highest BCUT2D eigenvalue weighted by molar-refractivity contribution is 7.84. The van der Waals surface area contributed by atoms with Crippen molar-refractivity contribution < 1.29 is 22.1 Å². The number of aryl methyl sites for hydroxylation is 1. The van der Waals surface area contributed by atoms with E-state index in [2.05, 4.69) is 20.4 Å². The summed E-state index contributed by atoms with van der Waals surface area (Å²) in [6.45, 7) is 3.41. The second-order valence-electron chi connectivity index (χ2n) is 9.66. The fourth-order valence-electron chi connectivity index (χ4n) is 5.60. The lowest BCUT2D eigenvalue weighted by Gasteiger charge is -2.24. The Labute approximate surface area is 212 Å². The van der Waals surface area contributed by atoms with Gasteiger partial charge in [0.05, 0.1) is 42.1 Å². The van der Waals surface area contributed by atoms with Crippen molar-refractivity contribution in [2.45, 2.75) is 38.5 Å². The number of carbonyl (C=O) groups excluding carboxylic acids is 1. The minimum atomic E-state index is -3.92. The summed E-state index contributed by atoms with van der Waals surface area (Å²) < 4.78 is 34.8. The van der Waals surface area contributed by atoms with Crippen LogP contribution in [0.2, 0.25) is 0 Å². The van der Waals surface area contributed by atoms with Gasteiger partial charge < -0.3 is 10.1 Å². The van der Waals surface area contributed by atoms with Gasteiger partial charge in [0, 0.05) is 12.2 Å². The smallest absolute Gasteiger partial charge is 0.333 e. The van der Waals surface area contributed by atoms with Gasteiger partial charge in [-0.25, -0.2) is 15.1 Å². The normalized spacial score (nSPS) is 26.9. The minimum absolute atomic E-state index is 0.113. The molecule has 0 bridgehead atoms. The third-order valence-corrected chi connectivity index (χ3v) is 8.74.